The van der Waals surface area contributed by atoms with Crippen LogP contribution in [0.2, 0.25) is 0 Å². The van der Waals surface area contributed by atoms with Crippen LogP contribution in [0.15, 0.2) is 18.3 Å². The molecule has 1 aliphatic heterocycles. The van der Waals surface area contributed by atoms with Crippen molar-refractivity contribution >= 4 is 11.7 Å². The minimum Gasteiger partial charge on any atom is -0.342 e. The van der Waals surface area contributed by atoms with E-state index in [1.807, 2.05) is 33.0 Å². The van der Waals surface area contributed by atoms with Crippen LogP contribution in [0, 0.1) is 0 Å². The highest BCUT2D eigenvalue weighted by molar-refractivity contribution is 5.90. The van der Waals surface area contributed by atoms with Crippen molar-refractivity contribution in [3.05, 3.63) is 23.9 Å². The van der Waals surface area contributed by atoms with Crippen LogP contribution in [0.4, 0.5) is 5.82 Å². The molecule has 1 aromatic rings. The fraction of sp³-hybridized carbons (Fsp3) is 0.538. The van der Waals surface area contributed by atoms with E-state index in [4.69, 9.17) is 5.73 Å². The average molecular weight is 248 g/mol. The quantitative estimate of drug-likeness (QED) is 0.832. The molecule has 0 bridgehead atoms. The summed E-state index contributed by atoms with van der Waals surface area (Å²) in [5.74, 6) is 0.939. The number of hydrogen-bond donors (Lipinski definition) is 1. The maximum absolute atomic E-state index is 12.3. The van der Waals surface area contributed by atoms with Crippen molar-refractivity contribution in [2.24, 2.45) is 5.73 Å². The van der Waals surface area contributed by atoms with Crippen molar-refractivity contribution in [3.8, 4) is 0 Å². The molecule has 2 rings (SSSR count). The van der Waals surface area contributed by atoms with E-state index in [1.54, 1.807) is 11.1 Å². The molecule has 1 aliphatic rings. The van der Waals surface area contributed by atoms with Gasteiger partial charge in [-0.2, -0.15) is 0 Å². The van der Waals surface area contributed by atoms with Crippen LogP contribution in [0.5, 0.6) is 0 Å². The third-order valence-electron chi connectivity index (χ3n) is 3.55. The van der Waals surface area contributed by atoms with Gasteiger partial charge in [0.25, 0.3) is 0 Å². The van der Waals surface area contributed by atoms with Crippen molar-refractivity contribution in [2.45, 2.75) is 25.9 Å². The van der Waals surface area contributed by atoms with Gasteiger partial charge < -0.3 is 15.5 Å². The van der Waals surface area contributed by atoms with E-state index in [1.165, 1.54) is 0 Å². The van der Waals surface area contributed by atoms with Gasteiger partial charge in [-0.3, -0.25) is 4.79 Å². The molecule has 1 saturated heterocycles. The van der Waals surface area contributed by atoms with Gasteiger partial charge in [0, 0.05) is 38.4 Å². The number of pyridine rings is 1. The topological polar surface area (TPSA) is 62.5 Å². The molecule has 2 heterocycles. The van der Waals surface area contributed by atoms with E-state index in [0.29, 0.717) is 13.1 Å². The second-order valence-corrected chi connectivity index (χ2v) is 5.13. The van der Waals surface area contributed by atoms with Gasteiger partial charge in [0.1, 0.15) is 11.4 Å². The summed E-state index contributed by atoms with van der Waals surface area (Å²) in [7, 11) is 1.84. The molecule has 0 saturated carbocycles. The molecular weight excluding hydrogens is 228 g/mol. The van der Waals surface area contributed by atoms with E-state index in [2.05, 4.69) is 9.88 Å². The van der Waals surface area contributed by atoms with Gasteiger partial charge in [-0.15, -0.1) is 0 Å². The zero-order valence-electron chi connectivity index (χ0n) is 11.2. The molecule has 0 atom stereocenters. The summed E-state index contributed by atoms with van der Waals surface area (Å²) in [6.45, 7) is 5.78. The maximum atomic E-state index is 12.3. The first-order valence-corrected chi connectivity index (χ1v) is 6.15. The number of likely N-dealkylation sites (N-methyl/N-ethyl adjacent to an activating group) is 1. The van der Waals surface area contributed by atoms with Crippen LogP contribution in [0.1, 0.15) is 19.4 Å². The zero-order valence-corrected chi connectivity index (χ0v) is 11.2. The van der Waals surface area contributed by atoms with Crippen LogP contribution in [-0.4, -0.2) is 41.5 Å². The summed E-state index contributed by atoms with van der Waals surface area (Å²) in [6, 6.07) is 3.83. The second-order valence-electron chi connectivity index (χ2n) is 5.13. The first-order chi connectivity index (χ1) is 8.48. The number of nitrogens with two attached hydrogens (primary N) is 1. The SMILES string of the molecule is CN1CCN(c2ncccc2CN)C(C)(C)C1=O. The molecule has 0 spiro atoms. The molecule has 98 valence electrons. The van der Waals surface area contributed by atoms with Crippen LogP contribution < -0.4 is 10.6 Å². The van der Waals surface area contributed by atoms with Gasteiger partial charge in [0.15, 0.2) is 0 Å². The fourth-order valence-corrected chi connectivity index (χ4v) is 2.42. The number of rotatable bonds is 2. The summed E-state index contributed by atoms with van der Waals surface area (Å²) in [4.78, 5) is 20.5. The summed E-state index contributed by atoms with van der Waals surface area (Å²) < 4.78 is 0. The van der Waals surface area contributed by atoms with Gasteiger partial charge in [-0.05, 0) is 19.9 Å². The molecule has 1 aromatic heterocycles. The lowest BCUT2D eigenvalue weighted by molar-refractivity contribution is -0.136. The zero-order chi connectivity index (χ0) is 13.3. The summed E-state index contributed by atoms with van der Waals surface area (Å²) in [5.41, 5.74) is 6.14. The molecule has 2 N–H and O–H groups in total. The molecule has 0 unspecified atom stereocenters. The molecule has 0 aliphatic carbocycles. The fourth-order valence-electron chi connectivity index (χ4n) is 2.42. The first-order valence-electron chi connectivity index (χ1n) is 6.15. The van der Waals surface area contributed by atoms with E-state index in [0.717, 1.165) is 17.9 Å². The van der Waals surface area contributed by atoms with Crippen molar-refractivity contribution in [1.29, 1.82) is 0 Å². The normalized spacial score (nSPS) is 19.2. The molecule has 0 aromatic carbocycles. The number of anilines is 1. The highest BCUT2D eigenvalue weighted by atomic mass is 16.2. The molecular formula is C13H20N4O. The second kappa shape index (κ2) is 4.57. The van der Waals surface area contributed by atoms with Gasteiger partial charge in [-0.25, -0.2) is 4.98 Å². The Labute approximate surface area is 108 Å². The molecule has 18 heavy (non-hydrogen) atoms. The van der Waals surface area contributed by atoms with E-state index >= 15 is 0 Å². The van der Waals surface area contributed by atoms with E-state index < -0.39 is 5.54 Å². The molecule has 1 amide bonds. The van der Waals surface area contributed by atoms with Crippen LogP contribution in [-0.2, 0) is 11.3 Å². The minimum atomic E-state index is -0.578. The van der Waals surface area contributed by atoms with Crippen LogP contribution >= 0.6 is 0 Å². The Morgan fingerprint density at radius 3 is 2.83 bits per heavy atom. The Kier molecular flexibility index (Phi) is 3.26. The van der Waals surface area contributed by atoms with Crippen molar-refractivity contribution in [2.75, 3.05) is 25.0 Å². The average Bonchev–Trinajstić information content (AvgIpc) is 2.36. The Morgan fingerprint density at radius 1 is 1.44 bits per heavy atom. The first kappa shape index (κ1) is 12.8. The van der Waals surface area contributed by atoms with Gasteiger partial charge in [0.05, 0.1) is 0 Å². The largest absolute Gasteiger partial charge is 0.342 e. The third-order valence-corrected chi connectivity index (χ3v) is 3.55. The smallest absolute Gasteiger partial charge is 0.247 e. The monoisotopic (exact) mass is 248 g/mol. The number of carbonyl (C=O) groups excluding carboxylic acids is 1. The highest BCUT2D eigenvalue weighted by Crippen LogP contribution is 2.29. The molecule has 0 radical (unpaired) electrons. The summed E-state index contributed by atoms with van der Waals surface area (Å²) >= 11 is 0. The predicted molar refractivity (Wildman–Crippen MR) is 71.2 cm³/mol. The highest BCUT2D eigenvalue weighted by Gasteiger charge is 2.41. The predicted octanol–water partition coefficient (Wildman–Crippen LogP) is 0.597. The number of carbonyl (C=O) groups is 1. The lowest BCUT2D eigenvalue weighted by Gasteiger charge is -2.46. The number of amides is 1. The number of hydrogen-bond acceptors (Lipinski definition) is 4. The molecule has 5 nitrogen and oxygen atoms in total. The lowest BCUT2D eigenvalue weighted by atomic mass is 9.97. The Hall–Kier alpha value is -1.62. The Bertz CT molecular complexity index is 458. The third kappa shape index (κ3) is 1.95. The van der Waals surface area contributed by atoms with Crippen molar-refractivity contribution in [1.82, 2.24) is 9.88 Å². The standard InChI is InChI=1S/C13H20N4O/c1-13(2)12(18)16(3)7-8-17(13)11-10(9-14)5-4-6-15-11/h4-6H,7-9,14H2,1-3H3. The lowest BCUT2D eigenvalue weighted by Crippen LogP contribution is -2.62. The van der Waals surface area contributed by atoms with Crippen LogP contribution in [0.25, 0.3) is 0 Å². The van der Waals surface area contributed by atoms with E-state index in [-0.39, 0.29) is 5.91 Å². The number of piperazine rings is 1. The molecule has 5 heteroatoms. The Balaban J connectivity index is 2.41. The minimum absolute atomic E-state index is 0.113. The summed E-state index contributed by atoms with van der Waals surface area (Å²) in [5, 5.41) is 0. The van der Waals surface area contributed by atoms with Crippen molar-refractivity contribution in [3.63, 3.8) is 0 Å². The number of aromatic nitrogens is 1. The van der Waals surface area contributed by atoms with Gasteiger partial charge >= 0.3 is 0 Å². The van der Waals surface area contributed by atoms with Gasteiger partial charge in [-0.1, -0.05) is 6.07 Å². The maximum Gasteiger partial charge on any atom is 0.247 e. The van der Waals surface area contributed by atoms with E-state index in [9.17, 15) is 4.79 Å². The van der Waals surface area contributed by atoms with Crippen LogP contribution in [0.3, 0.4) is 0 Å². The van der Waals surface area contributed by atoms with Crippen molar-refractivity contribution < 1.29 is 4.79 Å². The molecule has 1 fully saturated rings. The van der Waals surface area contributed by atoms with Gasteiger partial charge in [0.2, 0.25) is 5.91 Å². The number of nitrogens with zero attached hydrogens (tertiary/aromatic N) is 3. The Morgan fingerprint density at radius 2 is 2.17 bits per heavy atom. The summed E-state index contributed by atoms with van der Waals surface area (Å²) in [6.07, 6.45) is 1.74.